The maximum absolute atomic E-state index is 6.24. The predicted octanol–water partition coefficient (Wildman–Crippen LogP) is 2.07. The number of ether oxygens (including phenoxy) is 2. The van der Waals surface area contributed by atoms with Crippen LogP contribution in [0, 0.1) is 6.92 Å². The van der Waals surface area contributed by atoms with Gasteiger partial charge in [0.2, 0.25) is 0 Å². The van der Waals surface area contributed by atoms with Gasteiger partial charge in [0.1, 0.15) is 6.10 Å². The van der Waals surface area contributed by atoms with Crippen LogP contribution in [0.1, 0.15) is 29.8 Å². The second-order valence-electron chi connectivity index (χ2n) is 7.12. The number of nitrogens with zero attached hydrogens (tertiary/aromatic N) is 4. The Morgan fingerprint density at radius 2 is 2.28 bits per heavy atom. The average molecular weight is 342 g/mol. The zero-order valence-corrected chi connectivity index (χ0v) is 15.0. The van der Waals surface area contributed by atoms with Gasteiger partial charge in [-0.25, -0.2) is 0 Å². The molecule has 0 N–H and O–H groups in total. The first-order chi connectivity index (χ1) is 12.2. The summed E-state index contributed by atoms with van der Waals surface area (Å²) >= 11 is 0. The topological polar surface area (TPSA) is 52.4 Å². The van der Waals surface area contributed by atoms with Crippen LogP contribution in [0.5, 0.6) is 0 Å². The zero-order chi connectivity index (χ0) is 17.2. The third-order valence-corrected chi connectivity index (χ3v) is 5.12. The minimum atomic E-state index is 0.101. The average Bonchev–Trinajstić information content (AvgIpc) is 3.18. The van der Waals surface area contributed by atoms with Gasteiger partial charge in [-0.05, 0) is 31.9 Å². The first-order valence-electron chi connectivity index (χ1n) is 9.06. The zero-order valence-electron chi connectivity index (χ0n) is 15.0. The molecule has 0 amide bonds. The molecule has 2 aromatic heterocycles. The fraction of sp³-hybridized carbons (Fsp3) is 0.579. The van der Waals surface area contributed by atoms with E-state index in [1.165, 1.54) is 12.0 Å². The van der Waals surface area contributed by atoms with Crippen molar-refractivity contribution in [2.24, 2.45) is 7.05 Å². The predicted molar refractivity (Wildman–Crippen MR) is 93.9 cm³/mol. The summed E-state index contributed by atoms with van der Waals surface area (Å²) in [6.45, 7) is 5.19. The number of hydrogen-bond donors (Lipinski definition) is 0. The van der Waals surface area contributed by atoms with Crippen LogP contribution in [0.15, 0.2) is 30.6 Å². The van der Waals surface area contributed by atoms with Crippen LogP contribution in [-0.2, 0) is 29.7 Å². The summed E-state index contributed by atoms with van der Waals surface area (Å²) in [5, 5.41) is 4.29. The summed E-state index contributed by atoms with van der Waals surface area (Å²) in [6, 6.07) is 6.50. The van der Waals surface area contributed by atoms with Gasteiger partial charge in [0.05, 0.1) is 24.6 Å². The SMILES string of the molecule is Cc1cccc(CO[C@@H]2CN(Cc3cnn(C)c3)[C@H]3CCCO[C@@H]23)n1. The van der Waals surface area contributed by atoms with Crippen molar-refractivity contribution >= 4 is 0 Å². The van der Waals surface area contributed by atoms with E-state index < -0.39 is 0 Å². The molecule has 0 aliphatic carbocycles. The van der Waals surface area contributed by atoms with Gasteiger partial charge in [0.15, 0.2) is 0 Å². The Kier molecular flexibility index (Phi) is 4.83. The van der Waals surface area contributed by atoms with Crippen molar-refractivity contribution in [1.82, 2.24) is 19.7 Å². The number of likely N-dealkylation sites (tertiary alicyclic amines) is 1. The Morgan fingerprint density at radius 1 is 1.36 bits per heavy atom. The molecule has 0 bridgehead atoms. The first kappa shape index (κ1) is 16.7. The normalized spacial score (nSPS) is 26.7. The third kappa shape index (κ3) is 3.76. The van der Waals surface area contributed by atoms with Crippen molar-refractivity contribution in [2.75, 3.05) is 13.2 Å². The van der Waals surface area contributed by atoms with Crippen molar-refractivity contribution in [3.63, 3.8) is 0 Å². The molecular weight excluding hydrogens is 316 g/mol. The molecule has 2 aliphatic heterocycles. The Bertz CT molecular complexity index is 717. The molecule has 6 heteroatoms. The van der Waals surface area contributed by atoms with Crippen LogP contribution < -0.4 is 0 Å². The monoisotopic (exact) mass is 342 g/mol. The van der Waals surface area contributed by atoms with Gasteiger partial charge in [-0.2, -0.15) is 5.10 Å². The lowest BCUT2D eigenvalue weighted by atomic mass is 10.0. The van der Waals surface area contributed by atoms with Crippen molar-refractivity contribution in [2.45, 2.75) is 51.2 Å². The summed E-state index contributed by atoms with van der Waals surface area (Å²) < 4.78 is 14.2. The molecule has 25 heavy (non-hydrogen) atoms. The largest absolute Gasteiger partial charge is 0.374 e. The fourth-order valence-corrected chi connectivity index (χ4v) is 3.99. The molecule has 2 saturated heterocycles. The van der Waals surface area contributed by atoms with E-state index in [1.54, 1.807) is 0 Å². The summed E-state index contributed by atoms with van der Waals surface area (Å²) in [4.78, 5) is 7.03. The molecule has 0 spiro atoms. The number of aryl methyl sites for hydroxylation is 2. The molecule has 2 aliphatic rings. The van der Waals surface area contributed by atoms with Gasteiger partial charge >= 0.3 is 0 Å². The second-order valence-corrected chi connectivity index (χ2v) is 7.12. The molecule has 0 aromatic carbocycles. The highest BCUT2D eigenvalue weighted by molar-refractivity contribution is 5.10. The van der Waals surface area contributed by atoms with E-state index in [0.717, 1.165) is 37.5 Å². The number of pyridine rings is 1. The Morgan fingerprint density at radius 3 is 3.08 bits per heavy atom. The van der Waals surface area contributed by atoms with Crippen LogP contribution >= 0.6 is 0 Å². The lowest BCUT2D eigenvalue weighted by molar-refractivity contribution is -0.0824. The van der Waals surface area contributed by atoms with E-state index in [9.17, 15) is 0 Å². The summed E-state index contributed by atoms with van der Waals surface area (Å²) in [5.41, 5.74) is 3.25. The molecule has 4 rings (SSSR count). The van der Waals surface area contributed by atoms with E-state index in [2.05, 4.69) is 21.2 Å². The molecular formula is C19H26N4O2. The van der Waals surface area contributed by atoms with Gasteiger partial charge in [-0.3, -0.25) is 14.6 Å². The highest BCUT2D eigenvalue weighted by Crippen LogP contribution is 2.32. The lowest BCUT2D eigenvalue weighted by Gasteiger charge is -2.32. The fourth-order valence-electron chi connectivity index (χ4n) is 3.99. The van der Waals surface area contributed by atoms with Crippen molar-refractivity contribution in [1.29, 1.82) is 0 Å². The molecule has 0 radical (unpaired) electrons. The third-order valence-electron chi connectivity index (χ3n) is 5.12. The Labute approximate surface area is 148 Å². The van der Waals surface area contributed by atoms with Crippen molar-refractivity contribution < 1.29 is 9.47 Å². The van der Waals surface area contributed by atoms with E-state index >= 15 is 0 Å². The standard InChI is InChI=1S/C19H26N4O2/c1-14-5-3-6-16(21-14)13-25-18-12-23(11-15-9-20-22(2)10-15)17-7-4-8-24-19(17)18/h3,5-6,9-10,17-19H,4,7-8,11-13H2,1-2H3/t17-,18+,19+/m0/s1. The molecule has 4 heterocycles. The quantitative estimate of drug-likeness (QED) is 0.833. The smallest absolute Gasteiger partial charge is 0.100 e. The van der Waals surface area contributed by atoms with Crippen LogP contribution in [0.25, 0.3) is 0 Å². The maximum Gasteiger partial charge on any atom is 0.100 e. The van der Waals surface area contributed by atoms with E-state index in [4.69, 9.17) is 9.47 Å². The summed E-state index contributed by atoms with van der Waals surface area (Å²) in [5.74, 6) is 0. The molecule has 2 aromatic rings. The minimum Gasteiger partial charge on any atom is -0.374 e. The first-order valence-corrected chi connectivity index (χ1v) is 9.06. The summed E-state index contributed by atoms with van der Waals surface area (Å²) in [6.07, 6.45) is 6.59. The number of rotatable bonds is 5. The van der Waals surface area contributed by atoms with Gasteiger partial charge in [-0.15, -0.1) is 0 Å². The number of fused-ring (bicyclic) bond motifs is 1. The highest BCUT2D eigenvalue weighted by atomic mass is 16.5. The van der Waals surface area contributed by atoms with E-state index in [-0.39, 0.29) is 12.2 Å². The molecule has 0 saturated carbocycles. The van der Waals surface area contributed by atoms with Crippen molar-refractivity contribution in [3.8, 4) is 0 Å². The second kappa shape index (κ2) is 7.23. The summed E-state index contributed by atoms with van der Waals surface area (Å²) in [7, 11) is 1.96. The van der Waals surface area contributed by atoms with Gasteiger partial charge in [-0.1, -0.05) is 6.07 Å². The maximum atomic E-state index is 6.24. The Balaban J connectivity index is 1.43. The molecule has 134 valence electrons. The van der Waals surface area contributed by atoms with E-state index in [0.29, 0.717) is 12.6 Å². The van der Waals surface area contributed by atoms with Crippen LogP contribution in [0.2, 0.25) is 0 Å². The van der Waals surface area contributed by atoms with Crippen molar-refractivity contribution in [3.05, 3.63) is 47.5 Å². The molecule has 2 fully saturated rings. The van der Waals surface area contributed by atoms with Crippen LogP contribution in [0.4, 0.5) is 0 Å². The van der Waals surface area contributed by atoms with Gasteiger partial charge < -0.3 is 9.47 Å². The van der Waals surface area contributed by atoms with Gasteiger partial charge in [0.25, 0.3) is 0 Å². The molecule has 3 atom stereocenters. The molecule has 0 unspecified atom stereocenters. The van der Waals surface area contributed by atoms with Crippen LogP contribution in [0.3, 0.4) is 0 Å². The minimum absolute atomic E-state index is 0.101. The number of hydrogen-bond acceptors (Lipinski definition) is 5. The van der Waals surface area contributed by atoms with Crippen LogP contribution in [-0.4, -0.2) is 51.1 Å². The Hall–Kier alpha value is -1.76. The van der Waals surface area contributed by atoms with E-state index in [1.807, 2.05) is 43.0 Å². The highest BCUT2D eigenvalue weighted by Gasteiger charge is 2.44. The number of aromatic nitrogens is 3. The molecule has 6 nitrogen and oxygen atoms in total. The lowest BCUT2D eigenvalue weighted by Crippen LogP contribution is -2.41. The van der Waals surface area contributed by atoms with Gasteiger partial charge in [0, 0.05) is 50.2 Å².